The van der Waals surface area contributed by atoms with Gasteiger partial charge < -0.3 is 4.40 Å². The van der Waals surface area contributed by atoms with Crippen molar-refractivity contribution in [3.05, 3.63) is 206 Å². The molecule has 0 fully saturated rings. The van der Waals surface area contributed by atoms with Gasteiger partial charge >= 0.3 is 0 Å². The summed E-state index contributed by atoms with van der Waals surface area (Å²) in [6, 6.07) is 72.7. The highest BCUT2D eigenvalue weighted by atomic mass is 15.0. The summed E-state index contributed by atoms with van der Waals surface area (Å²) in [5, 5.41) is 4.85. The molecule has 0 radical (unpaired) electrons. The average molecular weight is 727 g/mol. The predicted octanol–water partition coefficient (Wildman–Crippen LogP) is 13.6. The molecule has 11 rings (SSSR count). The molecule has 0 saturated carbocycles. The number of benzene rings is 8. The summed E-state index contributed by atoms with van der Waals surface area (Å²) >= 11 is 0. The van der Waals surface area contributed by atoms with Gasteiger partial charge in [0.15, 0.2) is 17.5 Å². The van der Waals surface area contributed by atoms with Crippen LogP contribution in [0.1, 0.15) is 0 Å². The molecule has 11 aromatic rings. The van der Waals surface area contributed by atoms with Crippen LogP contribution >= 0.6 is 0 Å². The number of aromatic nitrogens is 4. The Morgan fingerprint density at radius 3 is 1.23 bits per heavy atom. The summed E-state index contributed by atoms with van der Waals surface area (Å²) in [6.07, 6.45) is 0. The van der Waals surface area contributed by atoms with Crippen molar-refractivity contribution < 1.29 is 0 Å². The van der Waals surface area contributed by atoms with E-state index in [1.165, 1.54) is 49.3 Å². The smallest absolute Gasteiger partial charge is 0.164 e. The second kappa shape index (κ2) is 13.6. The molecule has 4 heteroatoms. The molecule has 0 bridgehead atoms. The van der Waals surface area contributed by atoms with E-state index < -0.39 is 0 Å². The molecule has 57 heavy (non-hydrogen) atoms. The highest BCUT2D eigenvalue weighted by Crippen LogP contribution is 2.43. The maximum atomic E-state index is 5.20. The van der Waals surface area contributed by atoms with Crippen LogP contribution in [0.3, 0.4) is 0 Å². The van der Waals surface area contributed by atoms with Crippen LogP contribution in [0, 0.1) is 0 Å². The Bertz CT molecular complexity index is 3140. The highest BCUT2D eigenvalue weighted by molar-refractivity contribution is 6.22. The van der Waals surface area contributed by atoms with Crippen molar-refractivity contribution in [1.82, 2.24) is 19.4 Å². The van der Waals surface area contributed by atoms with Crippen molar-refractivity contribution in [2.75, 3.05) is 0 Å². The monoisotopic (exact) mass is 726 g/mol. The lowest BCUT2D eigenvalue weighted by Gasteiger charge is -2.12. The van der Waals surface area contributed by atoms with Gasteiger partial charge in [0.1, 0.15) is 0 Å². The molecule has 0 aliphatic carbocycles. The van der Waals surface area contributed by atoms with Gasteiger partial charge in [0.2, 0.25) is 0 Å². The SMILES string of the molecule is c1ccc(-c2ccc(-c3nc(-c4ccc(-c5ccccc5)cc4)nc(-c4ccc5c(-c6ccccc6)c6c7ccccc7c7ccccc7n6c5c4)n3)cc2)cc1. The number of nitrogens with zero attached hydrogens (tertiary/aromatic N) is 4. The van der Waals surface area contributed by atoms with Gasteiger partial charge in [0.25, 0.3) is 0 Å². The third-order valence-corrected chi connectivity index (χ3v) is 11.0. The van der Waals surface area contributed by atoms with Crippen LogP contribution in [0.15, 0.2) is 206 Å². The normalized spacial score (nSPS) is 11.5. The zero-order valence-electron chi connectivity index (χ0n) is 30.9. The first kappa shape index (κ1) is 32.7. The van der Waals surface area contributed by atoms with Crippen molar-refractivity contribution in [2.45, 2.75) is 0 Å². The van der Waals surface area contributed by atoms with Crippen LogP contribution in [0.25, 0.3) is 106 Å². The van der Waals surface area contributed by atoms with E-state index in [0.29, 0.717) is 17.5 Å². The van der Waals surface area contributed by atoms with Crippen LogP contribution in [-0.2, 0) is 0 Å². The van der Waals surface area contributed by atoms with Crippen molar-refractivity contribution >= 4 is 38.1 Å². The van der Waals surface area contributed by atoms with Crippen molar-refractivity contribution in [1.29, 1.82) is 0 Å². The molecule has 0 unspecified atom stereocenters. The molecular weight excluding hydrogens is 693 g/mol. The quantitative estimate of drug-likeness (QED) is 0.160. The predicted molar refractivity (Wildman–Crippen MR) is 236 cm³/mol. The molecular formula is C53H34N4. The highest BCUT2D eigenvalue weighted by Gasteiger charge is 2.21. The molecule has 0 aliphatic rings. The second-order valence-corrected chi connectivity index (χ2v) is 14.4. The fraction of sp³-hybridized carbons (Fsp3) is 0. The number of fused-ring (bicyclic) bond motifs is 8. The minimum Gasteiger partial charge on any atom is -0.308 e. The van der Waals surface area contributed by atoms with Gasteiger partial charge in [-0.05, 0) is 45.3 Å². The fourth-order valence-corrected chi connectivity index (χ4v) is 8.30. The Kier molecular flexibility index (Phi) is 7.78. The summed E-state index contributed by atoms with van der Waals surface area (Å²) in [5.74, 6) is 1.88. The van der Waals surface area contributed by atoms with Gasteiger partial charge in [-0.15, -0.1) is 0 Å². The summed E-state index contributed by atoms with van der Waals surface area (Å²) in [5.41, 5.74) is 13.3. The molecule has 0 N–H and O–H groups in total. The van der Waals surface area contributed by atoms with Gasteiger partial charge in [0.05, 0.1) is 16.6 Å². The van der Waals surface area contributed by atoms with Crippen molar-refractivity contribution in [3.63, 3.8) is 0 Å². The standard InChI is InChI=1S/C53H34N4/c1-4-14-35(15-5-1)37-24-28-40(29-25-37)51-54-52(41-30-26-38(27-31-41)36-16-6-2-7-17-36)56-53(55-51)42-32-33-46-48(34-42)57-47-23-13-12-21-44(47)43-20-10-11-22-45(43)50(57)49(46)39-18-8-3-9-19-39/h1-34H. The van der Waals surface area contributed by atoms with E-state index in [2.05, 4.69) is 199 Å². The van der Waals surface area contributed by atoms with Crippen LogP contribution in [0.4, 0.5) is 0 Å². The molecule has 8 aromatic carbocycles. The second-order valence-electron chi connectivity index (χ2n) is 14.4. The third-order valence-electron chi connectivity index (χ3n) is 11.0. The minimum absolute atomic E-state index is 0.623. The molecule has 0 saturated heterocycles. The lowest BCUT2D eigenvalue weighted by atomic mass is 9.98. The zero-order chi connectivity index (χ0) is 37.7. The van der Waals surface area contributed by atoms with E-state index in [0.717, 1.165) is 38.9 Å². The summed E-state index contributed by atoms with van der Waals surface area (Å²) in [4.78, 5) is 15.5. The van der Waals surface area contributed by atoms with E-state index >= 15 is 0 Å². The van der Waals surface area contributed by atoms with E-state index in [-0.39, 0.29) is 0 Å². The van der Waals surface area contributed by atoms with E-state index in [4.69, 9.17) is 15.0 Å². The third kappa shape index (κ3) is 5.66. The Morgan fingerprint density at radius 2 is 0.667 bits per heavy atom. The largest absolute Gasteiger partial charge is 0.308 e. The average Bonchev–Trinajstić information content (AvgIpc) is 3.65. The Balaban J connectivity index is 1.14. The van der Waals surface area contributed by atoms with Gasteiger partial charge in [-0.25, -0.2) is 15.0 Å². The Morgan fingerprint density at radius 1 is 0.263 bits per heavy atom. The summed E-state index contributed by atoms with van der Waals surface area (Å²) < 4.78 is 2.44. The van der Waals surface area contributed by atoms with Gasteiger partial charge in [-0.2, -0.15) is 0 Å². The summed E-state index contributed by atoms with van der Waals surface area (Å²) in [7, 11) is 0. The molecule has 4 nitrogen and oxygen atoms in total. The molecule has 0 aliphatic heterocycles. The van der Waals surface area contributed by atoms with Crippen LogP contribution in [0.5, 0.6) is 0 Å². The molecule has 3 heterocycles. The molecule has 0 atom stereocenters. The van der Waals surface area contributed by atoms with Crippen molar-refractivity contribution in [3.8, 4) is 67.5 Å². The first-order valence-electron chi connectivity index (χ1n) is 19.3. The lowest BCUT2D eigenvalue weighted by Crippen LogP contribution is -2.00. The van der Waals surface area contributed by atoms with Gasteiger partial charge in [-0.3, -0.25) is 0 Å². The van der Waals surface area contributed by atoms with Crippen LogP contribution in [-0.4, -0.2) is 19.4 Å². The maximum Gasteiger partial charge on any atom is 0.164 e. The Hall–Kier alpha value is -7.69. The molecule has 3 aromatic heterocycles. The number of pyridine rings is 1. The minimum atomic E-state index is 0.623. The van der Waals surface area contributed by atoms with E-state index in [9.17, 15) is 0 Å². The molecule has 0 amide bonds. The molecule has 266 valence electrons. The van der Waals surface area contributed by atoms with Crippen molar-refractivity contribution in [2.24, 2.45) is 0 Å². The number of hydrogen-bond donors (Lipinski definition) is 0. The van der Waals surface area contributed by atoms with Gasteiger partial charge in [-0.1, -0.05) is 194 Å². The molecule has 0 spiro atoms. The summed E-state index contributed by atoms with van der Waals surface area (Å²) in [6.45, 7) is 0. The first-order valence-corrected chi connectivity index (χ1v) is 19.3. The van der Waals surface area contributed by atoms with E-state index in [1.807, 2.05) is 12.1 Å². The number of rotatable bonds is 6. The Labute approximate surface area is 330 Å². The zero-order valence-corrected chi connectivity index (χ0v) is 30.9. The van der Waals surface area contributed by atoms with E-state index in [1.54, 1.807) is 0 Å². The number of hydrogen-bond acceptors (Lipinski definition) is 3. The number of para-hydroxylation sites is 1. The van der Waals surface area contributed by atoms with Crippen LogP contribution in [0.2, 0.25) is 0 Å². The van der Waals surface area contributed by atoms with Gasteiger partial charge in [0, 0.05) is 38.4 Å². The topological polar surface area (TPSA) is 43.1 Å². The first-order chi connectivity index (χ1) is 28.3. The lowest BCUT2D eigenvalue weighted by molar-refractivity contribution is 1.07. The fourth-order valence-electron chi connectivity index (χ4n) is 8.30. The van der Waals surface area contributed by atoms with Crippen LogP contribution < -0.4 is 0 Å². The maximum absolute atomic E-state index is 5.20.